The van der Waals surface area contributed by atoms with Crippen LogP contribution in [0.1, 0.15) is 30.6 Å². The van der Waals surface area contributed by atoms with Crippen molar-refractivity contribution in [1.29, 1.82) is 0 Å². The van der Waals surface area contributed by atoms with Gasteiger partial charge in [-0.3, -0.25) is 9.36 Å². The van der Waals surface area contributed by atoms with Gasteiger partial charge in [0.15, 0.2) is 0 Å². The van der Waals surface area contributed by atoms with Gasteiger partial charge >= 0.3 is 6.55 Å². The van der Waals surface area contributed by atoms with Gasteiger partial charge in [0, 0.05) is 36.3 Å². The molecule has 0 radical (unpaired) electrons. The Kier molecular flexibility index (Phi) is 5.09. The van der Waals surface area contributed by atoms with Gasteiger partial charge in [0.25, 0.3) is 0 Å². The molecule has 2 heterocycles. The predicted molar refractivity (Wildman–Crippen MR) is 93.9 cm³/mol. The second-order valence-electron chi connectivity index (χ2n) is 5.86. The number of carbonyl (C=O) groups excluding carboxylic acids is 1. The van der Waals surface area contributed by atoms with E-state index in [1.165, 1.54) is 6.07 Å². The molecule has 0 saturated heterocycles. The van der Waals surface area contributed by atoms with Crippen LogP contribution in [0.25, 0.3) is 10.9 Å². The third-order valence-corrected chi connectivity index (χ3v) is 5.19. The highest BCUT2D eigenvalue weighted by Crippen LogP contribution is 2.45. The number of fused-ring (bicyclic) bond motifs is 3. The first-order valence-corrected chi connectivity index (χ1v) is 8.59. The Morgan fingerprint density at radius 1 is 1.48 bits per heavy atom. The Hall–Kier alpha value is -1.57. The minimum Gasteiger partial charge on any atom is -0.395 e. The molecule has 1 aromatic carbocycles. The third-order valence-electron chi connectivity index (χ3n) is 4.42. The van der Waals surface area contributed by atoms with E-state index in [1.54, 1.807) is 6.92 Å². The Morgan fingerprint density at radius 2 is 2.20 bits per heavy atom. The maximum atomic E-state index is 13.9. The smallest absolute Gasteiger partial charge is 0.319 e. The third kappa shape index (κ3) is 2.94. The second-order valence-corrected chi connectivity index (χ2v) is 6.65. The molecule has 136 valence electrons. The van der Waals surface area contributed by atoms with E-state index in [2.05, 4.69) is 10.6 Å². The molecule has 0 spiro atoms. The molecule has 1 amide bonds. The van der Waals surface area contributed by atoms with Gasteiger partial charge in [-0.05, 0) is 18.6 Å². The number of aromatic nitrogens is 1. The number of hydrogen-bond donors (Lipinski definition) is 3. The number of benzene rings is 1. The van der Waals surface area contributed by atoms with Gasteiger partial charge in [-0.2, -0.15) is 8.78 Å². The number of halogens is 4. The summed E-state index contributed by atoms with van der Waals surface area (Å²) in [6.45, 7) is -0.817. The number of carbonyl (C=O) groups is 1. The number of nitrogens with one attached hydrogen (secondary N) is 2. The van der Waals surface area contributed by atoms with E-state index in [0.717, 1.165) is 4.57 Å². The monoisotopic (exact) mass is 391 g/mol. The number of alkyl halides is 2. The van der Waals surface area contributed by atoms with Crippen molar-refractivity contribution in [1.82, 2.24) is 9.88 Å². The molecular weight excluding hydrogens is 375 g/mol. The van der Waals surface area contributed by atoms with Crippen LogP contribution in [0.4, 0.5) is 14.5 Å². The lowest BCUT2D eigenvalue weighted by atomic mass is 9.96. The molecular formula is C16H17Cl2F2N3O2. The van der Waals surface area contributed by atoms with Crippen LogP contribution in [0, 0.1) is 0 Å². The molecule has 0 fully saturated rings. The van der Waals surface area contributed by atoms with Crippen molar-refractivity contribution in [2.24, 2.45) is 0 Å². The summed E-state index contributed by atoms with van der Waals surface area (Å²) in [7, 11) is 0. The topological polar surface area (TPSA) is 66.3 Å². The molecule has 5 nitrogen and oxygen atoms in total. The molecule has 1 unspecified atom stereocenters. The Bertz CT molecular complexity index is 839. The molecule has 25 heavy (non-hydrogen) atoms. The quantitative estimate of drug-likeness (QED) is 0.746. The standard InChI is InChI=1S/C16H17Cl2F2N3O2/c1-7-11-10(2-3-22-15(7)25)23(16(19)20)14-12(11)9(21-4-5-24)6-8(17)13(14)18/h6-7,16,21,24H,2-5H2,1H3,(H,22,25). The zero-order chi connectivity index (χ0) is 18.3. The van der Waals surface area contributed by atoms with Gasteiger partial charge in [0.2, 0.25) is 5.91 Å². The predicted octanol–water partition coefficient (Wildman–Crippen LogP) is 3.52. The summed E-state index contributed by atoms with van der Waals surface area (Å²) >= 11 is 12.4. The van der Waals surface area contributed by atoms with Gasteiger partial charge in [0.1, 0.15) is 0 Å². The van der Waals surface area contributed by atoms with Gasteiger partial charge in [-0.25, -0.2) is 0 Å². The van der Waals surface area contributed by atoms with Crippen LogP contribution in [0.3, 0.4) is 0 Å². The van der Waals surface area contributed by atoms with Crippen LogP contribution in [0.5, 0.6) is 0 Å². The fourth-order valence-electron chi connectivity index (χ4n) is 3.38. The van der Waals surface area contributed by atoms with Crippen LogP contribution in [-0.2, 0) is 11.2 Å². The Balaban J connectivity index is 2.44. The van der Waals surface area contributed by atoms with E-state index in [9.17, 15) is 13.6 Å². The number of aliphatic hydroxyl groups excluding tert-OH is 1. The van der Waals surface area contributed by atoms with Crippen LogP contribution in [0.2, 0.25) is 10.0 Å². The fraction of sp³-hybridized carbons (Fsp3) is 0.438. The Morgan fingerprint density at radius 3 is 2.84 bits per heavy atom. The molecule has 1 aromatic heterocycles. The number of rotatable bonds is 4. The van der Waals surface area contributed by atoms with Gasteiger partial charge in [-0.1, -0.05) is 23.2 Å². The summed E-state index contributed by atoms with van der Waals surface area (Å²) in [5, 5.41) is 15.4. The van der Waals surface area contributed by atoms with Gasteiger partial charge < -0.3 is 15.7 Å². The summed E-state index contributed by atoms with van der Waals surface area (Å²) in [5.74, 6) is -0.849. The van der Waals surface area contributed by atoms with E-state index < -0.39 is 12.5 Å². The first-order chi connectivity index (χ1) is 11.9. The molecule has 0 aliphatic carbocycles. The van der Waals surface area contributed by atoms with Crippen molar-refractivity contribution in [3.05, 3.63) is 27.4 Å². The van der Waals surface area contributed by atoms with Crippen LogP contribution in [-0.4, -0.2) is 35.3 Å². The zero-order valence-electron chi connectivity index (χ0n) is 13.4. The van der Waals surface area contributed by atoms with Crippen molar-refractivity contribution in [3.8, 4) is 0 Å². The lowest BCUT2D eigenvalue weighted by Crippen LogP contribution is -2.27. The summed E-state index contributed by atoms with van der Waals surface area (Å²) in [4.78, 5) is 12.2. The average molecular weight is 392 g/mol. The van der Waals surface area contributed by atoms with E-state index in [4.69, 9.17) is 28.3 Å². The van der Waals surface area contributed by atoms with Crippen LogP contribution < -0.4 is 10.6 Å². The van der Waals surface area contributed by atoms with E-state index in [1.807, 2.05) is 0 Å². The molecule has 3 N–H and O–H groups in total. The number of hydrogen-bond acceptors (Lipinski definition) is 3. The zero-order valence-corrected chi connectivity index (χ0v) is 14.9. The maximum absolute atomic E-state index is 13.9. The van der Waals surface area contributed by atoms with E-state index in [0.29, 0.717) is 22.3 Å². The summed E-state index contributed by atoms with van der Waals surface area (Å²) in [5.41, 5.74) is 1.46. The molecule has 1 aliphatic heterocycles. The SMILES string of the molecule is CC1C(=O)NCCc2c1c1c(NCCO)cc(Cl)c(Cl)c1n2C(F)F. The summed E-state index contributed by atoms with van der Waals surface area (Å²) in [6.07, 6.45) is 0.262. The largest absolute Gasteiger partial charge is 0.395 e. The number of anilines is 1. The van der Waals surface area contributed by atoms with Crippen LogP contribution >= 0.6 is 23.2 Å². The molecule has 0 bridgehead atoms. The average Bonchev–Trinajstić information content (AvgIpc) is 2.84. The number of nitrogens with zero attached hydrogens (tertiary/aromatic N) is 1. The Labute approximate surface area is 152 Å². The molecule has 1 atom stereocenters. The van der Waals surface area contributed by atoms with Crippen molar-refractivity contribution in [3.63, 3.8) is 0 Å². The van der Waals surface area contributed by atoms with Gasteiger partial charge in [0.05, 0.1) is 28.1 Å². The highest BCUT2D eigenvalue weighted by molar-refractivity contribution is 6.45. The normalized spacial score (nSPS) is 17.6. The molecule has 9 heteroatoms. The number of amides is 1. The minimum atomic E-state index is -2.83. The van der Waals surface area contributed by atoms with Crippen molar-refractivity contribution >= 4 is 45.7 Å². The second kappa shape index (κ2) is 6.97. The first-order valence-electron chi connectivity index (χ1n) is 7.83. The molecule has 3 rings (SSSR count). The van der Waals surface area contributed by atoms with Gasteiger partial charge in [-0.15, -0.1) is 0 Å². The van der Waals surface area contributed by atoms with Crippen molar-refractivity contribution < 1.29 is 18.7 Å². The number of aliphatic hydroxyl groups is 1. The fourth-order valence-corrected chi connectivity index (χ4v) is 3.81. The lowest BCUT2D eigenvalue weighted by Gasteiger charge is -2.14. The van der Waals surface area contributed by atoms with E-state index in [-0.39, 0.29) is 47.6 Å². The first kappa shape index (κ1) is 18.2. The maximum Gasteiger partial charge on any atom is 0.319 e. The van der Waals surface area contributed by atoms with Crippen LogP contribution in [0.15, 0.2) is 6.07 Å². The minimum absolute atomic E-state index is 0.0206. The highest BCUT2D eigenvalue weighted by atomic mass is 35.5. The molecule has 2 aromatic rings. The molecule has 1 aliphatic rings. The van der Waals surface area contributed by atoms with E-state index >= 15 is 0 Å². The highest BCUT2D eigenvalue weighted by Gasteiger charge is 2.33. The summed E-state index contributed by atoms with van der Waals surface area (Å²) < 4.78 is 28.6. The lowest BCUT2D eigenvalue weighted by molar-refractivity contribution is -0.121. The molecule has 0 saturated carbocycles. The van der Waals surface area contributed by atoms with Crippen molar-refractivity contribution in [2.75, 3.05) is 25.0 Å². The van der Waals surface area contributed by atoms with Crippen molar-refractivity contribution in [2.45, 2.75) is 25.8 Å². The summed E-state index contributed by atoms with van der Waals surface area (Å²) in [6, 6.07) is 1.54.